The molecule has 15 heavy (non-hydrogen) atoms. The van der Waals surface area contributed by atoms with Gasteiger partial charge in [0.25, 0.3) is 5.91 Å². The summed E-state index contributed by atoms with van der Waals surface area (Å²) >= 11 is 0. The van der Waals surface area contributed by atoms with Crippen molar-refractivity contribution >= 4 is 11.8 Å². The van der Waals surface area contributed by atoms with Gasteiger partial charge in [-0.3, -0.25) is 15.0 Å². The second-order valence-corrected chi connectivity index (χ2v) is 3.99. The first-order chi connectivity index (χ1) is 6.88. The first-order valence-corrected chi connectivity index (χ1v) is 4.94. The average Bonchev–Trinajstić information content (AvgIpc) is 2.14. The molecule has 6 N–H and O–H groups in total. The molecule has 0 aliphatic carbocycles. The zero-order valence-electron chi connectivity index (χ0n) is 9.41. The van der Waals surface area contributed by atoms with E-state index in [0.29, 0.717) is 6.42 Å². The third-order valence-corrected chi connectivity index (χ3v) is 1.90. The van der Waals surface area contributed by atoms with E-state index in [4.69, 9.17) is 11.6 Å². The second-order valence-electron chi connectivity index (χ2n) is 3.99. The highest BCUT2D eigenvalue weighted by molar-refractivity contribution is 5.89. The first-order valence-electron chi connectivity index (χ1n) is 4.94. The van der Waals surface area contributed by atoms with Gasteiger partial charge >= 0.3 is 0 Å². The summed E-state index contributed by atoms with van der Waals surface area (Å²) in [6.45, 7) is 5.46. The lowest BCUT2D eigenvalue weighted by Crippen LogP contribution is -2.52. The lowest BCUT2D eigenvalue weighted by molar-refractivity contribution is -0.129. The van der Waals surface area contributed by atoms with Crippen molar-refractivity contribution in [3.8, 4) is 0 Å². The van der Waals surface area contributed by atoms with E-state index in [-0.39, 0.29) is 11.8 Å². The number of amides is 2. The number of hydrazine groups is 1. The predicted molar refractivity (Wildman–Crippen MR) is 57.4 cm³/mol. The summed E-state index contributed by atoms with van der Waals surface area (Å²) in [5, 5.41) is 2.54. The minimum absolute atomic E-state index is 0.278. The topological polar surface area (TPSA) is 110 Å². The summed E-state index contributed by atoms with van der Waals surface area (Å²) < 4.78 is 0. The maximum atomic E-state index is 11.3. The molecule has 0 fully saturated rings. The minimum atomic E-state index is -0.634. The Labute approximate surface area is 89.7 Å². The van der Waals surface area contributed by atoms with Crippen LogP contribution in [-0.4, -0.2) is 23.9 Å². The van der Waals surface area contributed by atoms with Gasteiger partial charge in [0.15, 0.2) is 0 Å². The fourth-order valence-corrected chi connectivity index (χ4v) is 1.11. The van der Waals surface area contributed by atoms with Gasteiger partial charge in [-0.25, -0.2) is 5.84 Å². The summed E-state index contributed by atoms with van der Waals surface area (Å²) in [5.41, 5.74) is 7.40. The molecule has 6 heteroatoms. The quantitative estimate of drug-likeness (QED) is 0.264. The molecule has 0 rings (SSSR count). The third kappa shape index (κ3) is 5.34. The molecule has 0 aliphatic rings. The van der Waals surface area contributed by atoms with Crippen LogP contribution in [0.3, 0.4) is 0 Å². The number of nitrogens with one attached hydrogen (secondary N) is 2. The molecule has 0 spiro atoms. The molecule has 0 bridgehead atoms. The highest BCUT2D eigenvalue weighted by Crippen LogP contribution is 2.04. The van der Waals surface area contributed by atoms with Crippen LogP contribution < -0.4 is 22.3 Å². The summed E-state index contributed by atoms with van der Waals surface area (Å²) in [5.74, 6) is 4.53. The van der Waals surface area contributed by atoms with E-state index in [1.54, 1.807) is 6.92 Å². The molecule has 0 aliphatic heterocycles. The Kier molecular flexibility index (Phi) is 5.88. The van der Waals surface area contributed by atoms with Gasteiger partial charge in [0.2, 0.25) is 5.91 Å². The van der Waals surface area contributed by atoms with Crippen molar-refractivity contribution < 1.29 is 9.59 Å². The van der Waals surface area contributed by atoms with Gasteiger partial charge < -0.3 is 11.1 Å². The van der Waals surface area contributed by atoms with Crippen molar-refractivity contribution in [3.05, 3.63) is 0 Å². The molecule has 88 valence electrons. The Morgan fingerprint density at radius 3 is 2.07 bits per heavy atom. The number of hydrogen-bond acceptors (Lipinski definition) is 4. The van der Waals surface area contributed by atoms with Gasteiger partial charge in [-0.2, -0.15) is 0 Å². The van der Waals surface area contributed by atoms with E-state index in [1.165, 1.54) is 0 Å². The largest absolute Gasteiger partial charge is 0.343 e. The number of rotatable bonds is 5. The van der Waals surface area contributed by atoms with Crippen LogP contribution in [0.2, 0.25) is 0 Å². The van der Waals surface area contributed by atoms with Crippen molar-refractivity contribution in [1.29, 1.82) is 0 Å². The smallest absolute Gasteiger partial charge is 0.256 e. The van der Waals surface area contributed by atoms with Crippen LogP contribution in [0.25, 0.3) is 0 Å². The molecule has 2 unspecified atom stereocenters. The van der Waals surface area contributed by atoms with E-state index < -0.39 is 18.0 Å². The Bertz CT molecular complexity index is 228. The Morgan fingerprint density at radius 1 is 1.20 bits per heavy atom. The third-order valence-electron chi connectivity index (χ3n) is 1.90. The van der Waals surface area contributed by atoms with E-state index in [0.717, 1.165) is 0 Å². The molecule has 0 saturated heterocycles. The SMILES string of the molecule is CC(C)CC(NC(=O)C(C)N)C(=O)NN. The predicted octanol–water partition coefficient (Wildman–Crippen LogP) is -1.15. The molecule has 0 saturated carbocycles. The molecule has 2 amide bonds. The van der Waals surface area contributed by atoms with Crippen molar-refractivity contribution in [3.63, 3.8) is 0 Å². The maximum Gasteiger partial charge on any atom is 0.256 e. The minimum Gasteiger partial charge on any atom is -0.343 e. The highest BCUT2D eigenvalue weighted by Gasteiger charge is 2.22. The van der Waals surface area contributed by atoms with E-state index in [2.05, 4.69) is 5.32 Å². The van der Waals surface area contributed by atoms with Gasteiger partial charge in [0.1, 0.15) is 6.04 Å². The summed E-state index contributed by atoms with van der Waals surface area (Å²) in [7, 11) is 0. The molecule has 0 aromatic heterocycles. The van der Waals surface area contributed by atoms with Gasteiger partial charge in [-0.15, -0.1) is 0 Å². The van der Waals surface area contributed by atoms with E-state index in [1.807, 2.05) is 19.3 Å². The Morgan fingerprint density at radius 2 is 1.73 bits per heavy atom. The van der Waals surface area contributed by atoms with Gasteiger partial charge in [-0.05, 0) is 19.3 Å². The first kappa shape index (κ1) is 13.9. The van der Waals surface area contributed by atoms with Crippen LogP contribution in [0.4, 0.5) is 0 Å². The summed E-state index contributed by atoms with van der Waals surface area (Å²) in [6.07, 6.45) is 0.529. The van der Waals surface area contributed by atoms with Crippen LogP contribution in [-0.2, 0) is 9.59 Å². The number of nitrogens with two attached hydrogens (primary N) is 2. The monoisotopic (exact) mass is 216 g/mol. The van der Waals surface area contributed by atoms with Crippen molar-refractivity contribution in [2.24, 2.45) is 17.5 Å². The molecule has 0 aromatic carbocycles. The normalized spacial score (nSPS) is 14.5. The average molecular weight is 216 g/mol. The molecule has 6 nitrogen and oxygen atoms in total. The fourth-order valence-electron chi connectivity index (χ4n) is 1.11. The van der Waals surface area contributed by atoms with Crippen LogP contribution >= 0.6 is 0 Å². The van der Waals surface area contributed by atoms with Gasteiger partial charge in [-0.1, -0.05) is 13.8 Å². The van der Waals surface area contributed by atoms with Gasteiger partial charge in [0, 0.05) is 0 Å². The van der Waals surface area contributed by atoms with E-state index in [9.17, 15) is 9.59 Å². The molecule has 0 aromatic rings. The zero-order chi connectivity index (χ0) is 12.0. The van der Waals surface area contributed by atoms with Crippen molar-refractivity contribution in [2.45, 2.75) is 39.3 Å². The lowest BCUT2D eigenvalue weighted by atomic mass is 10.0. The second kappa shape index (κ2) is 6.36. The molecule has 2 atom stereocenters. The zero-order valence-corrected chi connectivity index (χ0v) is 9.41. The summed E-state index contributed by atoms with van der Waals surface area (Å²) in [6, 6.07) is -1.25. The molecular formula is C9H20N4O2. The highest BCUT2D eigenvalue weighted by atomic mass is 16.2. The standard InChI is InChI=1S/C9H20N4O2/c1-5(2)4-7(9(15)13-11)12-8(14)6(3)10/h5-7H,4,10-11H2,1-3H3,(H,12,14)(H,13,15). The number of carbonyl (C=O) groups excluding carboxylic acids is 2. The van der Waals surface area contributed by atoms with Crippen LogP contribution in [0.15, 0.2) is 0 Å². The number of hydrogen-bond donors (Lipinski definition) is 4. The number of carbonyl (C=O) groups is 2. The lowest BCUT2D eigenvalue weighted by Gasteiger charge is -2.19. The Hall–Kier alpha value is -1.14. The van der Waals surface area contributed by atoms with Gasteiger partial charge in [0.05, 0.1) is 6.04 Å². The molecule has 0 radical (unpaired) electrons. The van der Waals surface area contributed by atoms with Crippen LogP contribution in [0, 0.1) is 5.92 Å². The van der Waals surface area contributed by atoms with Crippen LogP contribution in [0.5, 0.6) is 0 Å². The maximum absolute atomic E-state index is 11.3. The Balaban J connectivity index is 4.37. The van der Waals surface area contributed by atoms with Crippen molar-refractivity contribution in [1.82, 2.24) is 10.7 Å². The molecule has 0 heterocycles. The fraction of sp³-hybridized carbons (Fsp3) is 0.778. The summed E-state index contributed by atoms with van der Waals surface area (Å²) in [4.78, 5) is 22.6. The molecular weight excluding hydrogens is 196 g/mol. The van der Waals surface area contributed by atoms with E-state index >= 15 is 0 Å². The van der Waals surface area contributed by atoms with Crippen molar-refractivity contribution in [2.75, 3.05) is 0 Å². The van der Waals surface area contributed by atoms with Crippen LogP contribution in [0.1, 0.15) is 27.2 Å².